The molecule has 0 fully saturated rings. The molecule has 1 aromatic rings. The highest BCUT2D eigenvalue weighted by Crippen LogP contribution is 2.26. The van der Waals surface area contributed by atoms with Crippen LogP contribution in [0.25, 0.3) is 0 Å². The van der Waals surface area contributed by atoms with Gasteiger partial charge in [-0.1, -0.05) is 30.3 Å². The van der Waals surface area contributed by atoms with Crippen molar-refractivity contribution in [3.8, 4) is 0 Å². The molecule has 0 heterocycles. The van der Waals surface area contributed by atoms with Crippen molar-refractivity contribution in [2.75, 3.05) is 0 Å². The number of hydrogen-bond donors (Lipinski definition) is 0. The molecule has 1 rings (SSSR count). The Hall–Kier alpha value is -1.78. The van der Waals surface area contributed by atoms with Crippen molar-refractivity contribution in [1.29, 1.82) is 0 Å². The third-order valence-corrected chi connectivity index (χ3v) is 2.27. The summed E-state index contributed by atoms with van der Waals surface area (Å²) in [6.07, 6.45) is -2.40. The van der Waals surface area contributed by atoms with E-state index in [1.165, 1.54) is 6.92 Å². The molecular formula is C11H12FNO3. The summed E-state index contributed by atoms with van der Waals surface area (Å²) in [6, 6.07) is 8.23. The van der Waals surface area contributed by atoms with Gasteiger partial charge in [0, 0.05) is 6.42 Å². The van der Waals surface area contributed by atoms with Gasteiger partial charge in [0.1, 0.15) is 5.78 Å². The summed E-state index contributed by atoms with van der Waals surface area (Å²) >= 11 is 0. The zero-order valence-electron chi connectivity index (χ0n) is 8.80. The molecular weight excluding hydrogens is 213 g/mol. The van der Waals surface area contributed by atoms with Gasteiger partial charge in [0.25, 0.3) is 0 Å². The maximum Gasteiger partial charge on any atom is 0.356 e. The minimum atomic E-state index is -2.24. The lowest BCUT2D eigenvalue weighted by Crippen LogP contribution is -2.24. The highest BCUT2D eigenvalue weighted by molar-refractivity contribution is 5.76. The van der Waals surface area contributed by atoms with Crippen LogP contribution in [0, 0.1) is 10.1 Å². The first-order valence-corrected chi connectivity index (χ1v) is 4.84. The SMILES string of the molecule is CC(=O)CC(c1ccccc1)C(F)[N+](=O)[O-]. The molecule has 0 aliphatic heterocycles. The molecule has 0 saturated heterocycles. The Labute approximate surface area is 92.2 Å². The molecule has 0 N–H and O–H groups in total. The molecule has 86 valence electrons. The van der Waals surface area contributed by atoms with E-state index in [1.54, 1.807) is 30.3 Å². The van der Waals surface area contributed by atoms with E-state index in [2.05, 4.69) is 0 Å². The van der Waals surface area contributed by atoms with Gasteiger partial charge in [0.2, 0.25) is 0 Å². The van der Waals surface area contributed by atoms with Gasteiger partial charge >= 0.3 is 6.30 Å². The quantitative estimate of drug-likeness (QED) is 0.439. The van der Waals surface area contributed by atoms with E-state index in [9.17, 15) is 19.3 Å². The van der Waals surface area contributed by atoms with Gasteiger partial charge in [-0.15, -0.1) is 0 Å². The number of ketones is 1. The van der Waals surface area contributed by atoms with E-state index in [-0.39, 0.29) is 12.2 Å². The maximum absolute atomic E-state index is 13.4. The van der Waals surface area contributed by atoms with Crippen molar-refractivity contribution in [1.82, 2.24) is 0 Å². The molecule has 0 aromatic heterocycles. The molecule has 2 atom stereocenters. The molecule has 0 aliphatic carbocycles. The standard InChI is InChI=1S/C11H12FNO3/c1-8(14)7-10(11(12)13(15)16)9-5-3-2-4-6-9/h2-6,10-11H,7H2,1H3. The topological polar surface area (TPSA) is 60.2 Å². The Bertz CT molecular complexity index is 380. The van der Waals surface area contributed by atoms with E-state index in [0.717, 1.165) is 0 Å². The van der Waals surface area contributed by atoms with Gasteiger partial charge in [-0.05, 0) is 12.5 Å². The summed E-state index contributed by atoms with van der Waals surface area (Å²) in [5.74, 6) is -1.27. The van der Waals surface area contributed by atoms with Crippen molar-refractivity contribution in [3.63, 3.8) is 0 Å². The zero-order valence-corrected chi connectivity index (χ0v) is 8.80. The Kier molecular flexibility index (Phi) is 4.10. The van der Waals surface area contributed by atoms with E-state index < -0.39 is 17.1 Å². The van der Waals surface area contributed by atoms with Crippen LogP contribution >= 0.6 is 0 Å². The average Bonchev–Trinajstić information content (AvgIpc) is 2.26. The highest BCUT2D eigenvalue weighted by atomic mass is 19.1. The van der Waals surface area contributed by atoms with Crippen molar-refractivity contribution < 1.29 is 14.1 Å². The maximum atomic E-state index is 13.4. The fourth-order valence-corrected chi connectivity index (χ4v) is 1.53. The van der Waals surface area contributed by atoms with E-state index >= 15 is 0 Å². The summed E-state index contributed by atoms with van der Waals surface area (Å²) in [5, 5.41) is 10.4. The second kappa shape index (κ2) is 5.34. The Morgan fingerprint density at radius 2 is 2.00 bits per heavy atom. The lowest BCUT2D eigenvalue weighted by atomic mass is 9.93. The summed E-state index contributed by atoms with van der Waals surface area (Å²) in [6.45, 7) is 1.29. The number of halogens is 1. The largest absolute Gasteiger partial charge is 0.356 e. The summed E-state index contributed by atoms with van der Waals surface area (Å²) in [7, 11) is 0. The van der Waals surface area contributed by atoms with Crippen LogP contribution in [0.3, 0.4) is 0 Å². The number of hydrogen-bond acceptors (Lipinski definition) is 3. The van der Waals surface area contributed by atoms with Gasteiger partial charge in [-0.3, -0.25) is 14.9 Å². The number of rotatable bonds is 5. The molecule has 0 spiro atoms. The molecule has 2 unspecified atom stereocenters. The molecule has 1 aromatic carbocycles. The molecule has 0 bridgehead atoms. The van der Waals surface area contributed by atoms with Crippen LogP contribution in [0.15, 0.2) is 30.3 Å². The second-order valence-electron chi connectivity index (χ2n) is 3.58. The van der Waals surface area contributed by atoms with Crippen LogP contribution in [0.5, 0.6) is 0 Å². The first kappa shape index (κ1) is 12.3. The van der Waals surface area contributed by atoms with E-state index in [1.807, 2.05) is 0 Å². The summed E-state index contributed by atoms with van der Waals surface area (Å²) in [4.78, 5) is 20.4. The van der Waals surface area contributed by atoms with Crippen LogP contribution in [0.4, 0.5) is 4.39 Å². The number of nitrogens with zero attached hydrogens (tertiary/aromatic N) is 1. The van der Waals surface area contributed by atoms with Gasteiger partial charge in [-0.25, -0.2) is 0 Å². The van der Waals surface area contributed by atoms with Gasteiger partial charge < -0.3 is 0 Å². The fourth-order valence-electron chi connectivity index (χ4n) is 1.53. The minimum Gasteiger partial charge on any atom is -0.300 e. The molecule has 4 nitrogen and oxygen atoms in total. The Morgan fingerprint density at radius 3 is 2.44 bits per heavy atom. The van der Waals surface area contributed by atoms with Crippen molar-refractivity contribution >= 4 is 5.78 Å². The van der Waals surface area contributed by atoms with Crippen LogP contribution in [0.2, 0.25) is 0 Å². The average molecular weight is 225 g/mol. The van der Waals surface area contributed by atoms with Crippen LogP contribution < -0.4 is 0 Å². The second-order valence-corrected chi connectivity index (χ2v) is 3.58. The van der Waals surface area contributed by atoms with Crippen molar-refractivity contribution in [3.05, 3.63) is 46.0 Å². The van der Waals surface area contributed by atoms with Crippen molar-refractivity contribution in [2.45, 2.75) is 25.6 Å². The lowest BCUT2D eigenvalue weighted by Gasteiger charge is -2.14. The number of carbonyl (C=O) groups excluding carboxylic acids is 1. The monoisotopic (exact) mass is 225 g/mol. The fraction of sp³-hybridized carbons (Fsp3) is 0.364. The minimum absolute atomic E-state index is 0.161. The zero-order chi connectivity index (χ0) is 12.1. The van der Waals surface area contributed by atoms with Crippen LogP contribution in [-0.2, 0) is 4.79 Å². The third-order valence-electron chi connectivity index (χ3n) is 2.27. The van der Waals surface area contributed by atoms with Crippen molar-refractivity contribution in [2.24, 2.45) is 0 Å². The number of carbonyl (C=O) groups is 1. The first-order chi connectivity index (χ1) is 7.52. The predicted molar refractivity (Wildman–Crippen MR) is 56.4 cm³/mol. The van der Waals surface area contributed by atoms with E-state index in [4.69, 9.17) is 0 Å². The van der Waals surface area contributed by atoms with E-state index in [0.29, 0.717) is 5.56 Å². The summed E-state index contributed by atoms with van der Waals surface area (Å²) in [5.41, 5.74) is 0.474. The molecule has 0 saturated carbocycles. The third kappa shape index (κ3) is 3.12. The Morgan fingerprint density at radius 1 is 1.44 bits per heavy atom. The van der Waals surface area contributed by atoms with Gasteiger partial charge in [0.15, 0.2) is 0 Å². The molecule has 0 amide bonds. The van der Waals surface area contributed by atoms with Gasteiger partial charge in [-0.2, -0.15) is 4.39 Å². The van der Waals surface area contributed by atoms with Gasteiger partial charge in [0.05, 0.1) is 10.8 Å². The molecule has 16 heavy (non-hydrogen) atoms. The highest BCUT2D eigenvalue weighted by Gasteiger charge is 2.33. The molecule has 5 heteroatoms. The summed E-state index contributed by atoms with van der Waals surface area (Å²) < 4.78 is 13.4. The number of Topliss-reactive ketones (excluding diaryl/α,β-unsaturated/α-hetero) is 1. The number of alkyl halides is 1. The normalized spacial score (nSPS) is 14.1. The lowest BCUT2D eigenvalue weighted by molar-refractivity contribution is -0.557. The first-order valence-electron chi connectivity index (χ1n) is 4.84. The molecule has 0 aliphatic rings. The number of benzene rings is 1. The smallest absolute Gasteiger partial charge is 0.300 e. The molecule has 0 radical (unpaired) electrons. The predicted octanol–water partition coefficient (Wildman–Crippen LogP) is 2.32. The van der Waals surface area contributed by atoms with Crippen LogP contribution in [-0.4, -0.2) is 17.0 Å². The van der Waals surface area contributed by atoms with Crippen LogP contribution in [0.1, 0.15) is 24.8 Å². The Balaban J connectivity index is 2.96. The number of nitro groups is 1.